The second-order valence-electron chi connectivity index (χ2n) is 0.799. The fourth-order valence-corrected chi connectivity index (χ4v) is 0.787. The van der Waals surface area contributed by atoms with Crippen molar-refractivity contribution >= 4 is 59.4 Å². The molecule has 0 amide bonds. The van der Waals surface area contributed by atoms with Gasteiger partial charge in [-0.2, -0.15) is 0 Å². The SMILES string of the molecule is ClCC(Br)=C(Br)Br. The third-order valence-corrected chi connectivity index (χ3v) is 3.61. The molecule has 0 heterocycles. The lowest BCUT2D eigenvalue weighted by atomic mass is 10.8. The Labute approximate surface area is 72.7 Å². The summed E-state index contributed by atoms with van der Waals surface area (Å²) in [5.74, 6) is 0.492. The second kappa shape index (κ2) is 4.36. The predicted octanol–water partition coefficient (Wildman–Crippen LogP) is 3.58. The highest BCUT2D eigenvalue weighted by Crippen LogP contribution is 2.23. The van der Waals surface area contributed by atoms with E-state index in [-0.39, 0.29) is 0 Å². The fraction of sp³-hybridized carbons (Fsp3) is 0.333. The maximum atomic E-state index is 5.38. The van der Waals surface area contributed by atoms with E-state index in [4.69, 9.17) is 11.6 Å². The Balaban J connectivity index is 3.72. The first-order valence-corrected chi connectivity index (χ1v) is 4.35. The van der Waals surface area contributed by atoms with Gasteiger partial charge >= 0.3 is 0 Å². The van der Waals surface area contributed by atoms with E-state index < -0.39 is 0 Å². The summed E-state index contributed by atoms with van der Waals surface area (Å²) in [6.45, 7) is 0. The zero-order chi connectivity index (χ0) is 5.86. The molecule has 0 bridgehead atoms. The summed E-state index contributed by atoms with van der Waals surface area (Å²) in [5.41, 5.74) is 0. The van der Waals surface area contributed by atoms with Crippen LogP contribution >= 0.6 is 59.4 Å². The smallest absolute Gasteiger partial charge is 0.0717 e. The van der Waals surface area contributed by atoms with Crippen LogP contribution in [-0.2, 0) is 0 Å². The predicted molar refractivity (Wildman–Crippen MR) is 44.5 cm³/mol. The van der Waals surface area contributed by atoms with Crippen LogP contribution in [-0.4, -0.2) is 5.88 Å². The number of alkyl halides is 1. The minimum absolute atomic E-state index is 0.492. The van der Waals surface area contributed by atoms with Crippen molar-refractivity contribution in [1.29, 1.82) is 0 Å². The normalized spacial score (nSPS) is 8.57. The molecule has 0 radical (unpaired) electrons. The Kier molecular flexibility index (Phi) is 5.27. The van der Waals surface area contributed by atoms with Crippen LogP contribution in [0.5, 0.6) is 0 Å². The largest absolute Gasteiger partial charge is 0.121 e. The second-order valence-corrected chi connectivity index (χ2v) is 4.67. The van der Waals surface area contributed by atoms with Crippen LogP contribution in [0.1, 0.15) is 0 Å². The maximum Gasteiger partial charge on any atom is 0.0717 e. The molecule has 0 aromatic rings. The Morgan fingerprint density at radius 1 is 1.29 bits per heavy atom. The van der Waals surface area contributed by atoms with Crippen LogP contribution in [0.25, 0.3) is 0 Å². The monoisotopic (exact) mass is 310 g/mol. The van der Waals surface area contributed by atoms with Crippen molar-refractivity contribution in [3.8, 4) is 0 Å². The quantitative estimate of drug-likeness (QED) is 0.649. The van der Waals surface area contributed by atoms with Gasteiger partial charge in [-0.3, -0.25) is 0 Å². The molecule has 0 saturated carbocycles. The third kappa shape index (κ3) is 4.01. The van der Waals surface area contributed by atoms with Crippen molar-refractivity contribution in [2.24, 2.45) is 0 Å². The van der Waals surface area contributed by atoms with Crippen molar-refractivity contribution in [2.45, 2.75) is 0 Å². The highest BCUT2D eigenvalue weighted by Gasteiger charge is 1.91. The van der Waals surface area contributed by atoms with E-state index in [0.29, 0.717) is 5.88 Å². The Morgan fingerprint density at radius 2 is 1.71 bits per heavy atom. The van der Waals surface area contributed by atoms with E-state index in [1.807, 2.05) is 0 Å². The van der Waals surface area contributed by atoms with Gasteiger partial charge < -0.3 is 0 Å². The van der Waals surface area contributed by atoms with Gasteiger partial charge in [0.25, 0.3) is 0 Å². The first-order chi connectivity index (χ1) is 3.18. The number of halogens is 4. The minimum atomic E-state index is 0.492. The molecule has 0 N–H and O–H groups in total. The summed E-state index contributed by atoms with van der Waals surface area (Å²) in [6, 6.07) is 0. The van der Waals surface area contributed by atoms with Gasteiger partial charge in [0.15, 0.2) is 0 Å². The molecular formula is C3H2Br3Cl. The summed E-state index contributed by atoms with van der Waals surface area (Å²) in [4.78, 5) is 0. The summed E-state index contributed by atoms with van der Waals surface area (Å²) < 4.78 is 1.80. The average molecular weight is 313 g/mol. The van der Waals surface area contributed by atoms with Crippen molar-refractivity contribution in [3.63, 3.8) is 0 Å². The number of allylic oxidation sites excluding steroid dienone is 1. The number of hydrogen-bond acceptors (Lipinski definition) is 0. The van der Waals surface area contributed by atoms with Gasteiger partial charge in [0.05, 0.1) is 9.27 Å². The zero-order valence-electron chi connectivity index (χ0n) is 3.22. The van der Waals surface area contributed by atoms with Crippen LogP contribution < -0.4 is 0 Å². The summed E-state index contributed by atoms with van der Waals surface area (Å²) >= 11 is 14.9. The van der Waals surface area contributed by atoms with E-state index >= 15 is 0 Å². The molecule has 0 aliphatic heterocycles. The van der Waals surface area contributed by atoms with E-state index in [2.05, 4.69) is 47.8 Å². The molecule has 0 rings (SSSR count). The lowest BCUT2D eigenvalue weighted by Gasteiger charge is -1.86. The van der Waals surface area contributed by atoms with Gasteiger partial charge in [-0.1, -0.05) is 15.9 Å². The van der Waals surface area contributed by atoms with Crippen LogP contribution in [0.3, 0.4) is 0 Å². The van der Waals surface area contributed by atoms with Crippen molar-refractivity contribution in [2.75, 3.05) is 5.88 Å². The summed E-state index contributed by atoms with van der Waals surface area (Å²) in [6.07, 6.45) is 0. The molecule has 0 spiro atoms. The molecule has 0 aromatic heterocycles. The molecule has 42 valence electrons. The lowest BCUT2D eigenvalue weighted by molar-refractivity contribution is 1.74. The Bertz CT molecular complexity index is 84.2. The fourth-order valence-electron chi connectivity index (χ4n) is 0.0505. The molecular weight excluding hydrogens is 311 g/mol. The molecule has 0 atom stereocenters. The highest BCUT2D eigenvalue weighted by molar-refractivity contribution is 9.29. The summed E-state index contributed by atoms with van der Waals surface area (Å²) in [7, 11) is 0. The van der Waals surface area contributed by atoms with Gasteiger partial charge in [0.2, 0.25) is 0 Å². The minimum Gasteiger partial charge on any atom is -0.121 e. The average Bonchev–Trinajstić information content (AvgIpc) is 1.65. The van der Waals surface area contributed by atoms with Gasteiger partial charge in [-0.05, 0) is 31.9 Å². The first kappa shape index (κ1) is 8.47. The van der Waals surface area contributed by atoms with Gasteiger partial charge in [0, 0.05) is 4.48 Å². The molecule has 4 heteroatoms. The van der Waals surface area contributed by atoms with Gasteiger partial charge in [0.1, 0.15) is 0 Å². The standard InChI is InChI=1S/C3H2Br3Cl/c4-2(1-7)3(5)6/h1H2. The van der Waals surface area contributed by atoms with E-state index in [9.17, 15) is 0 Å². The lowest BCUT2D eigenvalue weighted by Crippen LogP contribution is -1.67. The third-order valence-electron chi connectivity index (χ3n) is 0.322. The molecule has 0 unspecified atom stereocenters. The van der Waals surface area contributed by atoms with Crippen LogP contribution in [0, 0.1) is 0 Å². The van der Waals surface area contributed by atoms with E-state index in [1.165, 1.54) is 0 Å². The van der Waals surface area contributed by atoms with Crippen LogP contribution in [0.4, 0.5) is 0 Å². The van der Waals surface area contributed by atoms with Gasteiger partial charge in [-0.25, -0.2) is 0 Å². The van der Waals surface area contributed by atoms with Crippen LogP contribution in [0.2, 0.25) is 0 Å². The molecule has 0 fully saturated rings. The topological polar surface area (TPSA) is 0 Å². The highest BCUT2D eigenvalue weighted by atomic mass is 79.9. The summed E-state index contributed by atoms with van der Waals surface area (Å²) in [5, 5.41) is 0. The van der Waals surface area contributed by atoms with Crippen molar-refractivity contribution in [1.82, 2.24) is 0 Å². The molecule has 0 saturated heterocycles. The first-order valence-electron chi connectivity index (χ1n) is 1.44. The van der Waals surface area contributed by atoms with Crippen LogP contribution in [0.15, 0.2) is 7.87 Å². The van der Waals surface area contributed by atoms with Crippen molar-refractivity contribution < 1.29 is 0 Å². The number of rotatable bonds is 1. The molecule has 0 aliphatic carbocycles. The Hall–Kier alpha value is 1.47. The van der Waals surface area contributed by atoms with E-state index in [0.717, 1.165) is 7.87 Å². The molecule has 7 heavy (non-hydrogen) atoms. The maximum absolute atomic E-state index is 5.38. The Morgan fingerprint density at radius 3 is 1.71 bits per heavy atom. The van der Waals surface area contributed by atoms with Gasteiger partial charge in [-0.15, -0.1) is 11.6 Å². The molecule has 0 aliphatic rings. The van der Waals surface area contributed by atoms with E-state index in [1.54, 1.807) is 0 Å². The number of hydrogen-bond donors (Lipinski definition) is 0. The van der Waals surface area contributed by atoms with Crippen molar-refractivity contribution in [3.05, 3.63) is 7.87 Å². The molecule has 0 nitrogen and oxygen atoms in total. The molecule has 0 aromatic carbocycles. The zero-order valence-corrected chi connectivity index (χ0v) is 8.73.